The van der Waals surface area contributed by atoms with Gasteiger partial charge in [-0.25, -0.2) is 4.79 Å². The first-order chi connectivity index (χ1) is 12.8. The van der Waals surface area contributed by atoms with Gasteiger partial charge in [0.15, 0.2) is 0 Å². The van der Waals surface area contributed by atoms with Gasteiger partial charge in [-0.2, -0.15) is 0 Å². The molecule has 1 heterocycles. The molecule has 0 atom stereocenters. The van der Waals surface area contributed by atoms with E-state index in [1.807, 2.05) is 32.9 Å². The van der Waals surface area contributed by atoms with Gasteiger partial charge >= 0.3 is 6.09 Å². The first-order valence-electron chi connectivity index (χ1n) is 10.0. The minimum absolute atomic E-state index is 0.226. The van der Waals surface area contributed by atoms with E-state index in [1.54, 1.807) is 4.90 Å². The van der Waals surface area contributed by atoms with Crippen LogP contribution in [0.15, 0.2) is 24.3 Å². The Morgan fingerprint density at radius 2 is 1.78 bits per heavy atom. The molecule has 1 aromatic rings. The summed E-state index contributed by atoms with van der Waals surface area (Å²) in [5.74, 6) is 0.897. The molecule has 0 bridgehead atoms. The minimum Gasteiger partial charge on any atom is -0.492 e. The van der Waals surface area contributed by atoms with Crippen LogP contribution in [0.25, 0.3) is 0 Å². The van der Waals surface area contributed by atoms with Gasteiger partial charge < -0.3 is 24.2 Å². The molecule has 27 heavy (non-hydrogen) atoms. The van der Waals surface area contributed by atoms with Crippen LogP contribution in [0, 0.1) is 0 Å². The Morgan fingerprint density at radius 3 is 2.37 bits per heavy atom. The fraction of sp³-hybridized carbons (Fsp3) is 0.667. The molecule has 1 aromatic carbocycles. The van der Waals surface area contributed by atoms with E-state index in [-0.39, 0.29) is 6.09 Å². The molecule has 1 saturated heterocycles. The van der Waals surface area contributed by atoms with Gasteiger partial charge in [0.1, 0.15) is 18.0 Å². The molecule has 6 nitrogen and oxygen atoms in total. The predicted molar refractivity (Wildman–Crippen MR) is 110 cm³/mol. The molecule has 1 fully saturated rings. The molecule has 0 N–H and O–H groups in total. The number of anilines is 1. The maximum absolute atomic E-state index is 12.2. The number of nitrogens with zero attached hydrogens (tertiary/aromatic N) is 3. The summed E-state index contributed by atoms with van der Waals surface area (Å²) in [5.41, 5.74) is 0.685. The lowest BCUT2D eigenvalue weighted by Gasteiger charge is -2.36. The van der Waals surface area contributed by atoms with Crippen molar-refractivity contribution in [3.63, 3.8) is 0 Å². The Bertz CT molecular complexity index is 589. The van der Waals surface area contributed by atoms with Crippen molar-refractivity contribution in [3.8, 4) is 5.75 Å². The zero-order valence-corrected chi connectivity index (χ0v) is 17.5. The van der Waals surface area contributed by atoms with Gasteiger partial charge in [0.2, 0.25) is 0 Å². The van der Waals surface area contributed by atoms with Crippen molar-refractivity contribution in [2.45, 2.75) is 40.2 Å². The number of piperazine rings is 1. The standard InChI is InChI=1S/C21H35N3O3/c1-6-22(7-2)15-16-26-19-10-8-9-18(17-19)23-11-13-24(14-12-23)20(25)27-21(3,4)5/h8-10,17H,6-7,11-16H2,1-5H3. The molecule has 1 aliphatic heterocycles. The lowest BCUT2D eigenvalue weighted by Crippen LogP contribution is -2.50. The maximum atomic E-state index is 12.2. The van der Waals surface area contributed by atoms with E-state index >= 15 is 0 Å². The number of benzene rings is 1. The van der Waals surface area contributed by atoms with Crippen LogP contribution in [0.5, 0.6) is 5.75 Å². The molecule has 0 aliphatic carbocycles. The number of rotatable bonds is 7. The van der Waals surface area contributed by atoms with E-state index in [0.717, 1.165) is 44.2 Å². The molecule has 0 aromatic heterocycles. The zero-order chi connectivity index (χ0) is 19.9. The van der Waals surface area contributed by atoms with Crippen LogP contribution in [0.3, 0.4) is 0 Å². The van der Waals surface area contributed by atoms with Gasteiger partial charge in [-0.3, -0.25) is 0 Å². The highest BCUT2D eigenvalue weighted by Crippen LogP contribution is 2.23. The van der Waals surface area contributed by atoms with Gasteiger partial charge in [0, 0.05) is 44.5 Å². The van der Waals surface area contributed by atoms with Crippen LogP contribution in [0.1, 0.15) is 34.6 Å². The molecule has 1 aliphatic rings. The van der Waals surface area contributed by atoms with E-state index in [1.165, 1.54) is 0 Å². The van der Waals surface area contributed by atoms with E-state index in [0.29, 0.717) is 19.7 Å². The highest BCUT2D eigenvalue weighted by Gasteiger charge is 2.26. The average Bonchev–Trinajstić information content (AvgIpc) is 2.64. The lowest BCUT2D eigenvalue weighted by molar-refractivity contribution is 0.0240. The monoisotopic (exact) mass is 377 g/mol. The number of hydrogen-bond donors (Lipinski definition) is 0. The summed E-state index contributed by atoms with van der Waals surface area (Å²) in [5, 5.41) is 0. The third-order valence-corrected chi connectivity index (χ3v) is 4.68. The summed E-state index contributed by atoms with van der Waals surface area (Å²) < 4.78 is 11.4. The van der Waals surface area contributed by atoms with Crippen LogP contribution in [0.4, 0.5) is 10.5 Å². The normalized spacial score (nSPS) is 15.2. The largest absolute Gasteiger partial charge is 0.492 e. The van der Waals surface area contributed by atoms with Crippen molar-refractivity contribution < 1.29 is 14.3 Å². The molecule has 2 rings (SSSR count). The quantitative estimate of drug-likeness (QED) is 0.728. The second-order valence-corrected chi connectivity index (χ2v) is 7.83. The molecule has 0 unspecified atom stereocenters. The van der Waals surface area contributed by atoms with Crippen LogP contribution < -0.4 is 9.64 Å². The van der Waals surface area contributed by atoms with E-state index in [2.05, 4.69) is 35.8 Å². The molecular weight excluding hydrogens is 342 g/mol. The minimum atomic E-state index is -0.453. The average molecular weight is 378 g/mol. The fourth-order valence-corrected chi connectivity index (χ4v) is 3.08. The third-order valence-electron chi connectivity index (χ3n) is 4.68. The van der Waals surface area contributed by atoms with E-state index in [9.17, 15) is 4.79 Å². The molecular formula is C21H35N3O3. The zero-order valence-electron chi connectivity index (χ0n) is 17.5. The van der Waals surface area contributed by atoms with Crippen LogP contribution in [-0.4, -0.2) is 73.9 Å². The number of hydrogen-bond acceptors (Lipinski definition) is 5. The Balaban J connectivity index is 1.84. The molecule has 152 valence electrons. The Hall–Kier alpha value is -1.95. The van der Waals surface area contributed by atoms with Gasteiger partial charge in [0.05, 0.1) is 0 Å². The van der Waals surface area contributed by atoms with Gasteiger partial charge in [-0.15, -0.1) is 0 Å². The number of carbonyl (C=O) groups excluding carboxylic acids is 1. The molecule has 0 spiro atoms. The fourth-order valence-electron chi connectivity index (χ4n) is 3.08. The first kappa shape index (κ1) is 21.4. The Morgan fingerprint density at radius 1 is 1.11 bits per heavy atom. The molecule has 1 amide bonds. The topological polar surface area (TPSA) is 45.2 Å². The van der Waals surface area contributed by atoms with Crippen LogP contribution in [0.2, 0.25) is 0 Å². The molecule has 0 saturated carbocycles. The van der Waals surface area contributed by atoms with Crippen molar-refractivity contribution in [2.24, 2.45) is 0 Å². The van der Waals surface area contributed by atoms with Crippen molar-refractivity contribution in [2.75, 3.05) is 57.3 Å². The maximum Gasteiger partial charge on any atom is 0.410 e. The van der Waals surface area contributed by atoms with E-state index in [4.69, 9.17) is 9.47 Å². The predicted octanol–water partition coefficient (Wildman–Crippen LogP) is 3.46. The highest BCUT2D eigenvalue weighted by molar-refractivity contribution is 5.68. The summed E-state index contributed by atoms with van der Waals surface area (Å²) in [6, 6.07) is 8.22. The molecule has 6 heteroatoms. The second kappa shape index (κ2) is 9.83. The number of carbonyl (C=O) groups is 1. The van der Waals surface area contributed by atoms with Crippen molar-refractivity contribution in [1.82, 2.24) is 9.80 Å². The first-order valence-corrected chi connectivity index (χ1v) is 10.0. The third kappa shape index (κ3) is 6.94. The summed E-state index contributed by atoms with van der Waals surface area (Å²) in [6.45, 7) is 16.7. The smallest absolute Gasteiger partial charge is 0.410 e. The van der Waals surface area contributed by atoms with Crippen LogP contribution in [-0.2, 0) is 4.74 Å². The number of likely N-dealkylation sites (N-methyl/N-ethyl adjacent to an activating group) is 1. The van der Waals surface area contributed by atoms with Gasteiger partial charge in [-0.1, -0.05) is 19.9 Å². The Labute approximate surface area is 164 Å². The van der Waals surface area contributed by atoms with Crippen molar-refractivity contribution in [3.05, 3.63) is 24.3 Å². The summed E-state index contributed by atoms with van der Waals surface area (Å²) >= 11 is 0. The lowest BCUT2D eigenvalue weighted by atomic mass is 10.2. The SMILES string of the molecule is CCN(CC)CCOc1cccc(N2CCN(C(=O)OC(C)(C)C)CC2)c1. The van der Waals surface area contributed by atoms with Crippen molar-refractivity contribution in [1.29, 1.82) is 0 Å². The van der Waals surface area contributed by atoms with E-state index < -0.39 is 5.60 Å². The van der Waals surface area contributed by atoms with Crippen LogP contribution >= 0.6 is 0 Å². The number of amides is 1. The Kier molecular flexibility index (Phi) is 7.78. The summed E-state index contributed by atoms with van der Waals surface area (Å²) in [4.78, 5) is 18.6. The van der Waals surface area contributed by atoms with Gasteiger partial charge in [-0.05, 0) is 46.0 Å². The number of ether oxygens (including phenoxy) is 2. The molecule has 0 radical (unpaired) electrons. The summed E-state index contributed by atoms with van der Waals surface area (Å²) in [7, 11) is 0. The van der Waals surface area contributed by atoms with Crippen molar-refractivity contribution >= 4 is 11.8 Å². The summed E-state index contributed by atoms with van der Waals surface area (Å²) in [6.07, 6.45) is -0.226. The highest BCUT2D eigenvalue weighted by atomic mass is 16.6. The second-order valence-electron chi connectivity index (χ2n) is 7.83. The van der Waals surface area contributed by atoms with Gasteiger partial charge in [0.25, 0.3) is 0 Å².